The van der Waals surface area contributed by atoms with Crippen LogP contribution >= 0.6 is 12.4 Å². The second-order valence-corrected chi connectivity index (χ2v) is 4.29. The second-order valence-electron chi connectivity index (χ2n) is 4.29. The zero-order valence-corrected chi connectivity index (χ0v) is 12.4. The molecule has 8 heteroatoms. The maximum absolute atomic E-state index is 11.6. The highest BCUT2D eigenvalue weighted by molar-refractivity contribution is 5.85. The van der Waals surface area contributed by atoms with Crippen molar-refractivity contribution in [3.8, 4) is 5.69 Å². The third kappa shape index (κ3) is 4.82. The largest absolute Gasteiger partial charge is 0.383 e. The van der Waals surface area contributed by atoms with Gasteiger partial charge in [-0.3, -0.25) is 4.79 Å². The first-order chi connectivity index (χ1) is 9.70. The van der Waals surface area contributed by atoms with E-state index >= 15 is 0 Å². The predicted molar refractivity (Wildman–Crippen MR) is 80.3 cm³/mol. The average Bonchev–Trinajstić information content (AvgIpc) is 2.99. The predicted octanol–water partition coefficient (Wildman–Crippen LogP) is 0.279. The van der Waals surface area contributed by atoms with Crippen molar-refractivity contribution in [2.75, 3.05) is 13.7 Å². The molecule has 1 unspecified atom stereocenters. The Labute approximate surface area is 128 Å². The number of carbonyl (C=O) groups is 1. The Morgan fingerprint density at radius 3 is 2.71 bits per heavy atom. The SMILES string of the molecule is COCC(N)C(=O)NCc1ccc(-n2cncn2)cc1.Cl. The maximum atomic E-state index is 11.6. The molecule has 0 aliphatic rings. The molecular weight excluding hydrogens is 294 g/mol. The Morgan fingerprint density at radius 2 is 2.14 bits per heavy atom. The fourth-order valence-electron chi connectivity index (χ4n) is 1.68. The molecule has 7 nitrogen and oxygen atoms in total. The number of nitrogens with one attached hydrogen (secondary N) is 1. The Bertz CT molecular complexity index is 544. The van der Waals surface area contributed by atoms with Crippen molar-refractivity contribution in [1.82, 2.24) is 20.1 Å². The van der Waals surface area contributed by atoms with Crippen LogP contribution < -0.4 is 11.1 Å². The number of amides is 1. The summed E-state index contributed by atoms with van der Waals surface area (Å²) in [6, 6.07) is 7.00. The van der Waals surface area contributed by atoms with Crippen LogP contribution in [0.25, 0.3) is 5.69 Å². The zero-order valence-electron chi connectivity index (χ0n) is 11.6. The van der Waals surface area contributed by atoms with Crippen LogP contribution in [-0.2, 0) is 16.1 Å². The van der Waals surface area contributed by atoms with E-state index in [0.717, 1.165) is 11.3 Å². The average molecular weight is 312 g/mol. The lowest BCUT2D eigenvalue weighted by Gasteiger charge is -2.11. The molecule has 0 fully saturated rings. The third-order valence-electron chi connectivity index (χ3n) is 2.77. The van der Waals surface area contributed by atoms with Crippen LogP contribution in [0.4, 0.5) is 0 Å². The number of aromatic nitrogens is 3. The van der Waals surface area contributed by atoms with E-state index in [1.807, 2.05) is 24.3 Å². The van der Waals surface area contributed by atoms with Gasteiger partial charge in [-0.1, -0.05) is 12.1 Å². The molecule has 1 atom stereocenters. The molecule has 2 rings (SSSR count). The highest BCUT2D eigenvalue weighted by Crippen LogP contribution is 2.07. The van der Waals surface area contributed by atoms with Crippen molar-refractivity contribution in [2.24, 2.45) is 5.73 Å². The molecule has 0 aliphatic heterocycles. The summed E-state index contributed by atoms with van der Waals surface area (Å²) in [4.78, 5) is 15.5. The van der Waals surface area contributed by atoms with E-state index in [1.165, 1.54) is 13.4 Å². The Kier molecular flexibility index (Phi) is 6.80. The number of hydrogen-bond acceptors (Lipinski definition) is 5. The molecule has 1 aromatic carbocycles. The van der Waals surface area contributed by atoms with E-state index in [4.69, 9.17) is 10.5 Å². The summed E-state index contributed by atoms with van der Waals surface area (Å²) in [6.07, 6.45) is 3.10. The molecule has 0 saturated heterocycles. The Morgan fingerprint density at radius 1 is 1.43 bits per heavy atom. The second kappa shape index (κ2) is 8.35. The van der Waals surface area contributed by atoms with Gasteiger partial charge in [-0.05, 0) is 17.7 Å². The van der Waals surface area contributed by atoms with E-state index < -0.39 is 6.04 Å². The van der Waals surface area contributed by atoms with Gasteiger partial charge in [0.25, 0.3) is 0 Å². The summed E-state index contributed by atoms with van der Waals surface area (Å²) >= 11 is 0. The monoisotopic (exact) mass is 311 g/mol. The number of nitrogens with two attached hydrogens (primary N) is 1. The summed E-state index contributed by atoms with van der Waals surface area (Å²) in [6.45, 7) is 0.630. The standard InChI is InChI=1S/C13H17N5O2.ClH/c1-20-7-12(14)13(19)16-6-10-2-4-11(5-3-10)18-9-15-8-17-18;/h2-5,8-9,12H,6-7,14H2,1H3,(H,16,19);1H. The molecule has 1 aromatic heterocycles. The zero-order chi connectivity index (χ0) is 14.4. The topological polar surface area (TPSA) is 95.1 Å². The fraction of sp³-hybridized carbons (Fsp3) is 0.308. The minimum Gasteiger partial charge on any atom is -0.383 e. The number of methoxy groups -OCH3 is 1. The van der Waals surface area contributed by atoms with Crippen LogP contribution in [0.1, 0.15) is 5.56 Å². The van der Waals surface area contributed by atoms with Crippen molar-refractivity contribution in [1.29, 1.82) is 0 Å². The maximum Gasteiger partial charge on any atom is 0.239 e. The van der Waals surface area contributed by atoms with E-state index in [9.17, 15) is 4.79 Å². The van der Waals surface area contributed by atoms with E-state index in [-0.39, 0.29) is 24.9 Å². The minimum atomic E-state index is -0.644. The number of rotatable bonds is 6. The summed E-state index contributed by atoms with van der Waals surface area (Å²) in [5.74, 6) is -0.229. The molecule has 0 saturated carbocycles. The molecule has 0 bridgehead atoms. The van der Waals surface area contributed by atoms with Gasteiger partial charge >= 0.3 is 0 Å². The number of hydrogen-bond donors (Lipinski definition) is 2. The molecule has 2 aromatic rings. The molecule has 0 radical (unpaired) electrons. The van der Waals surface area contributed by atoms with Crippen molar-refractivity contribution in [3.05, 3.63) is 42.5 Å². The summed E-state index contributed by atoms with van der Waals surface area (Å²) in [5.41, 5.74) is 7.51. The van der Waals surface area contributed by atoms with Gasteiger partial charge in [0.15, 0.2) is 0 Å². The van der Waals surface area contributed by atoms with Gasteiger partial charge in [-0.25, -0.2) is 9.67 Å². The molecule has 1 heterocycles. The first-order valence-corrected chi connectivity index (χ1v) is 6.17. The first kappa shape index (κ1) is 17.1. The lowest BCUT2D eigenvalue weighted by Crippen LogP contribution is -2.43. The van der Waals surface area contributed by atoms with Crippen LogP contribution in [0.3, 0.4) is 0 Å². The summed E-state index contributed by atoms with van der Waals surface area (Å²) < 4.78 is 6.50. The number of halogens is 1. The highest BCUT2D eigenvalue weighted by atomic mass is 35.5. The molecule has 21 heavy (non-hydrogen) atoms. The van der Waals surface area contributed by atoms with Gasteiger partial charge < -0.3 is 15.8 Å². The molecule has 3 N–H and O–H groups in total. The molecule has 1 amide bonds. The number of carbonyl (C=O) groups excluding carboxylic acids is 1. The smallest absolute Gasteiger partial charge is 0.239 e. The van der Waals surface area contributed by atoms with Crippen molar-refractivity contribution >= 4 is 18.3 Å². The Balaban J connectivity index is 0.00000220. The van der Waals surface area contributed by atoms with E-state index in [1.54, 1.807) is 11.0 Å². The van der Waals surface area contributed by atoms with E-state index in [0.29, 0.717) is 6.54 Å². The van der Waals surface area contributed by atoms with Gasteiger partial charge in [0.05, 0.1) is 12.3 Å². The first-order valence-electron chi connectivity index (χ1n) is 6.17. The number of ether oxygens (including phenoxy) is 1. The number of benzene rings is 1. The van der Waals surface area contributed by atoms with Crippen molar-refractivity contribution < 1.29 is 9.53 Å². The molecule has 0 aliphatic carbocycles. The highest BCUT2D eigenvalue weighted by Gasteiger charge is 2.12. The van der Waals surface area contributed by atoms with E-state index in [2.05, 4.69) is 15.4 Å². The normalized spacial score (nSPS) is 11.5. The fourth-order valence-corrected chi connectivity index (χ4v) is 1.68. The molecule has 114 valence electrons. The van der Waals surface area contributed by atoms with Crippen molar-refractivity contribution in [2.45, 2.75) is 12.6 Å². The lowest BCUT2D eigenvalue weighted by atomic mass is 10.2. The van der Waals surface area contributed by atoms with Gasteiger partial charge in [0.1, 0.15) is 18.7 Å². The van der Waals surface area contributed by atoms with Crippen molar-refractivity contribution in [3.63, 3.8) is 0 Å². The quantitative estimate of drug-likeness (QED) is 0.799. The Hall–Kier alpha value is -1.96. The van der Waals surface area contributed by atoms with Crippen LogP contribution in [0.2, 0.25) is 0 Å². The minimum absolute atomic E-state index is 0. The van der Waals surface area contributed by atoms with Crippen LogP contribution in [0.5, 0.6) is 0 Å². The van der Waals surface area contributed by atoms with Gasteiger partial charge in [-0.15, -0.1) is 12.4 Å². The van der Waals surface area contributed by atoms with Gasteiger partial charge in [0, 0.05) is 13.7 Å². The third-order valence-corrected chi connectivity index (χ3v) is 2.77. The molecule has 0 spiro atoms. The lowest BCUT2D eigenvalue weighted by molar-refractivity contribution is -0.123. The summed E-state index contributed by atoms with van der Waals surface area (Å²) in [7, 11) is 1.51. The van der Waals surface area contributed by atoms with Crippen LogP contribution in [0, 0.1) is 0 Å². The van der Waals surface area contributed by atoms with Crippen LogP contribution in [-0.4, -0.2) is 40.4 Å². The summed E-state index contributed by atoms with van der Waals surface area (Å²) in [5, 5.41) is 6.80. The molecular formula is C13H18ClN5O2. The van der Waals surface area contributed by atoms with Gasteiger partial charge in [-0.2, -0.15) is 5.10 Å². The number of nitrogens with zero attached hydrogens (tertiary/aromatic N) is 3. The van der Waals surface area contributed by atoms with Gasteiger partial charge in [0.2, 0.25) is 5.91 Å². The van der Waals surface area contributed by atoms with Crippen LogP contribution in [0.15, 0.2) is 36.9 Å².